The van der Waals surface area contributed by atoms with Crippen molar-refractivity contribution in [2.24, 2.45) is 0 Å². The highest BCUT2D eigenvalue weighted by Gasteiger charge is 2.28. The van der Waals surface area contributed by atoms with Crippen molar-refractivity contribution in [2.75, 3.05) is 31.2 Å². The molecule has 0 spiro atoms. The topological polar surface area (TPSA) is 78.6 Å². The van der Waals surface area contributed by atoms with Gasteiger partial charge >= 0.3 is 0 Å². The first-order chi connectivity index (χ1) is 16.8. The Morgan fingerprint density at radius 2 is 1.65 bits per heavy atom. The van der Waals surface area contributed by atoms with Gasteiger partial charge in [-0.2, -0.15) is 24.6 Å². The second kappa shape index (κ2) is 8.73. The van der Waals surface area contributed by atoms with Gasteiger partial charge in [0.25, 0.3) is 11.7 Å². The third-order valence-electron chi connectivity index (χ3n) is 6.02. The van der Waals surface area contributed by atoms with Crippen LogP contribution in [-0.4, -0.2) is 65.6 Å². The first-order valence-electron chi connectivity index (χ1n) is 11.1. The molecule has 4 heterocycles. The maximum Gasteiger partial charge on any atom is 0.256 e. The Morgan fingerprint density at radius 3 is 2.53 bits per heavy atom. The van der Waals surface area contributed by atoms with Crippen molar-refractivity contribution in [1.29, 1.82) is 0 Å². The number of halogens is 1. The van der Waals surface area contributed by atoms with E-state index in [-0.39, 0.29) is 5.82 Å². The molecular formula is C24H22FN9. The summed E-state index contributed by atoms with van der Waals surface area (Å²) in [5, 5.41) is 9.28. The highest BCUT2D eigenvalue weighted by atomic mass is 19.1. The van der Waals surface area contributed by atoms with Crippen molar-refractivity contribution < 1.29 is 4.39 Å². The van der Waals surface area contributed by atoms with Crippen LogP contribution >= 0.6 is 0 Å². The number of hydrogen-bond donors (Lipinski definition) is 0. The lowest BCUT2D eigenvalue weighted by Crippen LogP contribution is -2.53. The maximum atomic E-state index is 14.9. The summed E-state index contributed by atoms with van der Waals surface area (Å²) < 4.78 is 16.5. The second-order valence-corrected chi connectivity index (χ2v) is 8.17. The van der Waals surface area contributed by atoms with Crippen LogP contribution in [0.1, 0.15) is 5.56 Å². The van der Waals surface area contributed by atoms with Gasteiger partial charge < -0.3 is 0 Å². The zero-order valence-electron chi connectivity index (χ0n) is 18.4. The predicted octanol–water partition coefficient (Wildman–Crippen LogP) is 3.08. The Bertz CT molecular complexity index is 1440. The first-order valence-corrected chi connectivity index (χ1v) is 11.1. The van der Waals surface area contributed by atoms with Crippen LogP contribution in [0.4, 0.5) is 16.0 Å². The van der Waals surface area contributed by atoms with Crippen LogP contribution in [-0.2, 0) is 6.54 Å². The lowest BCUT2D eigenvalue weighted by atomic mass is 10.1. The van der Waals surface area contributed by atoms with E-state index in [1.807, 2.05) is 30.5 Å². The summed E-state index contributed by atoms with van der Waals surface area (Å²) in [5.74, 6) is 0.521. The van der Waals surface area contributed by atoms with E-state index in [0.29, 0.717) is 30.5 Å². The van der Waals surface area contributed by atoms with Gasteiger partial charge in [0.05, 0.1) is 11.2 Å². The van der Waals surface area contributed by atoms with E-state index in [0.717, 1.165) is 30.5 Å². The molecule has 10 heteroatoms. The number of hydrogen-bond acceptors (Lipinski definition) is 8. The molecular weight excluding hydrogens is 433 g/mol. The number of aromatic nitrogens is 6. The van der Waals surface area contributed by atoms with Crippen molar-refractivity contribution in [3.05, 3.63) is 84.8 Å². The molecule has 0 aliphatic carbocycles. The van der Waals surface area contributed by atoms with E-state index in [2.05, 4.69) is 47.1 Å². The number of pyridine rings is 1. The summed E-state index contributed by atoms with van der Waals surface area (Å²) in [6.07, 6.45) is 4.79. The minimum Gasteiger partial charge on any atom is -0.296 e. The number of anilines is 2. The van der Waals surface area contributed by atoms with Gasteiger partial charge in [0.15, 0.2) is 0 Å². The first kappa shape index (κ1) is 20.6. The fourth-order valence-corrected chi connectivity index (χ4v) is 4.36. The zero-order chi connectivity index (χ0) is 22.9. The molecule has 0 amide bonds. The zero-order valence-corrected chi connectivity index (χ0v) is 18.4. The molecule has 6 rings (SSSR count). The Labute approximate surface area is 195 Å². The van der Waals surface area contributed by atoms with Crippen LogP contribution in [0, 0.1) is 5.82 Å². The average Bonchev–Trinajstić information content (AvgIpc) is 3.36. The molecule has 170 valence electrons. The number of benzene rings is 2. The number of fused-ring (bicyclic) bond motifs is 2. The van der Waals surface area contributed by atoms with Gasteiger partial charge in [0, 0.05) is 44.3 Å². The molecule has 0 atom stereocenters. The third kappa shape index (κ3) is 3.82. The molecule has 1 aliphatic rings. The van der Waals surface area contributed by atoms with Crippen LogP contribution in [0.2, 0.25) is 0 Å². The molecule has 0 radical (unpaired) electrons. The molecule has 1 saturated heterocycles. The number of piperazine rings is 1. The van der Waals surface area contributed by atoms with Gasteiger partial charge in [-0.3, -0.25) is 9.88 Å². The molecule has 0 unspecified atom stereocenters. The molecule has 1 aliphatic heterocycles. The summed E-state index contributed by atoms with van der Waals surface area (Å²) in [6, 6.07) is 17.0. The summed E-state index contributed by atoms with van der Waals surface area (Å²) >= 11 is 0. The van der Waals surface area contributed by atoms with E-state index in [4.69, 9.17) is 0 Å². The molecule has 0 saturated carbocycles. The van der Waals surface area contributed by atoms with Gasteiger partial charge in [-0.25, -0.2) is 14.4 Å². The Morgan fingerprint density at radius 1 is 0.853 bits per heavy atom. The van der Waals surface area contributed by atoms with Gasteiger partial charge in [0.2, 0.25) is 0 Å². The highest BCUT2D eigenvalue weighted by Crippen LogP contribution is 2.29. The van der Waals surface area contributed by atoms with Gasteiger partial charge in [-0.05, 0) is 29.8 Å². The number of hydrazine groups is 1. The van der Waals surface area contributed by atoms with Crippen molar-refractivity contribution in [3.8, 4) is 0 Å². The van der Waals surface area contributed by atoms with Crippen molar-refractivity contribution >= 4 is 28.3 Å². The molecule has 0 N–H and O–H groups in total. The molecule has 0 bridgehead atoms. The molecule has 2 aromatic carbocycles. The minimum absolute atomic E-state index is 0.334. The average molecular weight is 456 g/mol. The van der Waals surface area contributed by atoms with E-state index >= 15 is 0 Å². The smallest absolute Gasteiger partial charge is 0.256 e. The monoisotopic (exact) mass is 455 g/mol. The van der Waals surface area contributed by atoms with E-state index < -0.39 is 0 Å². The SMILES string of the molecule is Fc1ccccc1N(c1ncnc2ncnn12)N1CCN(Cc2cnc3ccccc3c2)CC1. The summed E-state index contributed by atoms with van der Waals surface area (Å²) in [6.45, 7) is 3.81. The van der Waals surface area contributed by atoms with Crippen molar-refractivity contribution in [3.63, 3.8) is 0 Å². The normalized spacial score (nSPS) is 15.2. The number of nitrogens with zero attached hydrogens (tertiary/aromatic N) is 9. The maximum absolute atomic E-state index is 14.9. The van der Waals surface area contributed by atoms with Gasteiger partial charge in [-0.15, -0.1) is 0 Å². The standard InChI is InChI=1S/C24H22FN9/c25-20-6-2-4-8-22(20)34(24-29-16-27-23-28-17-30-33(23)24)32-11-9-31(10-12-32)15-18-13-19-5-1-3-7-21(19)26-14-18/h1-8,13-14,16-17H,9-12,15H2. The lowest BCUT2D eigenvalue weighted by molar-refractivity contribution is 0.125. The van der Waals surface area contributed by atoms with Crippen molar-refractivity contribution in [1.82, 2.24) is 39.5 Å². The molecule has 34 heavy (non-hydrogen) atoms. The summed E-state index contributed by atoms with van der Waals surface area (Å²) in [4.78, 5) is 19.7. The van der Waals surface area contributed by atoms with Gasteiger partial charge in [0.1, 0.15) is 18.5 Å². The number of rotatable bonds is 5. The minimum atomic E-state index is -0.334. The van der Waals surface area contributed by atoms with Crippen LogP contribution < -0.4 is 5.01 Å². The summed E-state index contributed by atoms with van der Waals surface area (Å²) in [5.41, 5.74) is 2.59. The number of para-hydroxylation sites is 2. The fourth-order valence-electron chi connectivity index (χ4n) is 4.36. The van der Waals surface area contributed by atoms with Crippen LogP contribution in [0.15, 0.2) is 73.4 Å². The van der Waals surface area contributed by atoms with Crippen molar-refractivity contribution in [2.45, 2.75) is 6.54 Å². The van der Waals surface area contributed by atoms with E-state index in [1.165, 1.54) is 28.8 Å². The largest absolute Gasteiger partial charge is 0.296 e. The van der Waals surface area contributed by atoms with E-state index in [1.54, 1.807) is 17.1 Å². The molecule has 5 aromatic rings. The van der Waals surface area contributed by atoms with Gasteiger partial charge in [-0.1, -0.05) is 30.3 Å². The third-order valence-corrected chi connectivity index (χ3v) is 6.02. The fraction of sp³-hybridized carbons (Fsp3) is 0.208. The second-order valence-electron chi connectivity index (χ2n) is 8.17. The summed E-state index contributed by atoms with van der Waals surface area (Å²) in [7, 11) is 0. The van der Waals surface area contributed by atoms with E-state index in [9.17, 15) is 4.39 Å². The quantitative estimate of drug-likeness (QED) is 0.400. The van der Waals surface area contributed by atoms with Crippen LogP contribution in [0.25, 0.3) is 16.7 Å². The molecule has 9 nitrogen and oxygen atoms in total. The van der Waals surface area contributed by atoms with Crippen LogP contribution in [0.3, 0.4) is 0 Å². The molecule has 1 fully saturated rings. The highest BCUT2D eigenvalue weighted by molar-refractivity contribution is 5.78. The molecule has 3 aromatic heterocycles. The predicted molar refractivity (Wildman–Crippen MR) is 126 cm³/mol. The Kier molecular flexibility index (Phi) is 5.28. The lowest BCUT2D eigenvalue weighted by Gasteiger charge is -2.41. The Hall–Kier alpha value is -4.02. The van der Waals surface area contributed by atoms with Crippen LogP contribution in [0.5, 0.6) is 0 Å². The Balaban J connectivity index is 1.25.